The van der Waals surface area contributed by atoms with Crippen LogP contribution in [0, 0.1) is 0 Å². The first-order valence-corrected chi connectivity index (χ1v) is 6.11. The first kappa shape index (κ1) is 13.7. The molecule has 0 N–H and O–H groups in total. The average molecular weight is 267 g/mol. The zero-order valence-electron chi connectivity index (χ0n) is 10.9. The van der Waals surface area contributed by atoms with E-state index in [2.05, 4.69) is 5.10 Å². The Hall–Kier alpha value is -1.73. The highest BCUT2D eigenvalue weighted by Crippen LogP contribution is 2.11. The van der Waals surface area contributed by atoms with Crippen LogP contribution < -0.4 is 10.5 Å². The highest BCUT2D eigenvalue weighted by molar-refractivity contribution is 5.79. The molecular weight excluding hydrogens is 250 g/mol. The number of hydrogen-bond acceptors (Lipinski definition) is 6. The zero-order chi connectivity index (χ0) is 13.7. The number of Topliss-reactive ketones (excluding diaryl/α,β-unsaturated/α-hetero) is 1. The van der Waals surface area contributed by atoms with Gasteiger partial charge in [0.15, 0.2) is 5.78 Å². The fourth-order valence-electron chi connectivity index (χ4n) is 1.91. The van der Waals surface area contributed by atoms with Crippen molar-refractivity contribution in [1.29, 1.82) is 0 Å². The second kappa shape index (κ2) is 6.44. The Labute approximate surface area is 110 Å². The van der Waals surface area contributed by atoms with E-state index < -0.39 is 0 Å². The first-order valence-electron chi connectivity index (χ1n) is 6.11. The lowest BCUT2D eigenvalue weighted by atomic mass is 10.3. The van der Waals surface area contributed by atoms with Gasteiger partial charge in [0.1, 0.15) is 13.2 Å². The standard InChI is InChI=1S/C12H17N3O4/c1-18-9-11(16)8-15-12(17)6-10(7-13-15)14-2-4-19-5-3-14/h6-7H,2-5,8-9H2,1H3. The van der Waals surface area contributed by atoms with Crippen molar-refractivity contribution in [3.8, 4) is 0 Å². The molecule has 1 aliphatic heterocycles. The van der Waals surface area contributed by atoms with Crippen LogP contribution in [-0.2, 0) is 20.8 Å². The summed E-state index contributed by atoms with van der Waals surface area (Å²) in [5, 5.41) is 4.02. The Morgan fingerprint density at radius 2 is 2.21 bits per heavy atom. The molecule has 1 aliphatic rings. The minimum atomic E-state index is -0.284. The van der Waals surface area contributed by atoms with Crippen molar-refractivity contribution in [2.75, 3.05) is 44.9 Å². The van der Waals surface area contributed by atoms with E-state index in [1.807, 2.05) is 4.90 Å². The number of ether oxygens (including phenoxy) is 2. The van der Waals surface area contributed by atoms with Crippen LogP contribution in [0.3, 0.4) is 0 Å². The number of aromatic nitrogens is 2. The number of morpholine rings is 1. The number of carbonyl (C=O) groups excluding carboxylic acids is 1. The molecule has 0 spiro atoms. The second-order valence-corrected chi connectivity index (χ2v) is 4.28. The molecule has 0 aromatic carbocycles. The molecule has 1 aromatic heterocycles. The molecule has 0 radical (unpaired) electrons. The number of rotatable bonds is 5. The van der Waals surface area contributed by atoms with Gasteiger partial charge in [-0.25, -0.2) is 4.68 Å². The van der Waals surface area contributed by atoms with Crippen molar-refractivity contribution in [2.45, 2.75) is 6.54 Å². The highest BCUT2D eigenvalue weighted by atomic mass is 16.5. The van der Waals surface area contributed by atoms with Crippen molar-refractivity contribution >= 4 is 11.5 Å². The second-order valence-electron chi connectivity index (χ2n) is 4.28. The van der Waals surface area contributed by atoms with Gasteiger partial charge in [0.05, 0.1) is 25.1 Å². The van der Waals surface area contributed by atoms with Gasteiger partial charge in [-0.3, -0.25) is 9.59 Å². The third kappa shape index (κ3) is 3.62. The topological polar surface area (TPSA) is 73.7 Å². The summed E-state index contributed by atoms with van der Waals surface area (Å²) < 4.78 is 11.1. The smallest absolute Gasteiger partial charge is 0.269 e. The number of hydrogen-bond donors (Lipinski definition) is 0. The molecule has 1 aromatic rings. The number of carbonyl (C=O) groups is 1. The highest BCUT2D eigenvalue weighted by Gasteiger charge is 2.13. The van der Waals surface area contributed by atoms with E-state index in [9.17, 15) is 9.59 Å². The van der Waals surface area contributed by atoms with Crippen LogP contribution in [0.5, 0.6) is 0 Å². The molecule has 0 saturated carbocycles. The molecule has 2 rings (SSSR count). The van der Waals surface area contributed by atoms with Crippen molar-refractivity contribution in [1.82, 2.24) is 9.78 Å². The summed E-state index contributed by atoms with van der Waals surface area (Å²) in [5.74, 6) is -0.184. The fraction of sp³-hybridized carbons (Fsp3) is 0.583. The SMILES string of the molecule is COCC(=O)Cn1ncc(N2CCOCC2)cc1=O. The summed E-state index contributed by atoms with van der Waals surface area (Å²) in [6, 6.07) is 1.50. The van der Waals surface area contributed by atoms with Crippen molar-refractivity contribution in [3.63, 3.8) is 0 Å². The van der Waals surface area contributed by atoms with Gasteiger partial charge in [0.2, 0.25) is 0 Å². The monoisotopic (exact) mass is 267 g/mol. The van der Waals surface area contributed by atoms with Crippen LogP contribution in [0.1, 0.15) is 0 Å². The summed E-state index contributed by atoms with van der Waals surface area (Å²) in [7, 11) is 1.44. The van der Waals surface area contributed by atoms with Crippen LogP contribution >= 0.6 is 0 Å². The normalized spacial score (nSPS) is 15.5. The van der Waals surface area contributed by atoms with Gasteiger partial charge in [-0.15, -0.1) is 0 Å². The summed E-state index contributed by atoms with van der Waals surface area (Å²) in [5.41, 5.74) is 0.484. The van der Waals surface area contributed by atoms with Crippen LogP contribution in [-0.4, -0.2) is 55.6 Å². The number of nitrogens with zero attached hydrogens (tertiary/aromatic N) is 3. The van der Waals surface area contributed by atoms with Crippen LogP contribution in [0.4, 0.5) is 5.69 Å². The molecule has 0 unspecified atom stereocenters. The maximum atomic E-state index is 11.9. The minimum absolute atomic E-state index is 0.0145. The van der Waals surface area contributed by atoms with E-state index in [1.165, 1.54) is 13.2 Å². The van der Waals surface area contributed by atoms with E-state index >= 15 is 0 Å². The van der Waals surface area contributed by atoms with E-state index in [-0.39, 0.29) is 24.5 Å². The summed E-state index contributed by atoms with van der Waals surface area (Å²) >= 11 is 0. The van der Waals surface area contributed by atoms with E-state index in [4.69, 9.17) is 9.47 Å². The van der Waals surface area contributed by atoms with Gasteiger partial charge < -0.3 is 14.4 Å². The van der Waals surface area contributed by atoms with Gasteiger partial charge in [-0.2, -0.15) is 5.10 Å². The number of methoxy groups -OCH3 is 1. The quantitative estimate of drug-likeness (QED) is 0.702. The molecule has 7 heteroatoms. The van der Waals surface area contributed by atoms with E-state index in [0.717, 1.165) is 23.5 Å². The van der Waals surface area contributed by atoms with Crippen molar-refractivity contribution in [2.24, 2.45) is 0 Å². The summed E-state index contributed by atoms with van der Waals surface area (Å²) in [6.45, 7) is 2.71. The molecule has 0 atom stereocenters. The van der Waals surface area contributed by atoms with Crippen LogP contribution in [0.15, 0.2) is 17.1 Å². The minimum Gasteiger partial charge on any atom is -0.378 e. The maximum absolute atomic E-state index is 11.9. The predicted molar refractivity (Wildman–Crippen MR) is 68.4 cm³/mol. The third-order valence-electron chi connectivity index (χ3n) is 2.86. The van der Waals surface area contributed by atoms with Gasteiger partial charge in [0.25, 0.3) is 5.56 Å². The summed E-state index contributed by atoms with van der Waals surface area (Å²) in [4.78, 5) is 25.3. The summed E-state index contributed by atoms with van der Waals surface area (Å²) in [6.07, 6.45) is 1.60. The lowest BCUT2D eigenvalue weighted by molar-refractivity contribution is -0.123. The van der Waals surface area contributed by atoms with Gasteiger partial charge in [-0.05, 0) is 0 Å². The Morgan fingerprint density at radius 1 is 1.47 bits per heavy atom. The average Bonchev–Trinajstić information content (AvgIpc) is 2.42. The van der Waals surface area contributed by atoms with Gasteiger partial charge in [0, 0.05) is 26.3 Å². The molecule has 104 valence electrons. The van der Waals surface area contributed by atoms with Gasteiger partial charge >= 0.3 is 0 Å². The molecule has 0 amide bonds. The van der Waals surface area contributed by atoms with Crippen LogP contribution in [0.25, 0.3) is 0 Å². The lowest BCUT2D eigenvalue weighted by Gasteiger charge is -2.28. The van der Waals surface area contributed by atoms with E-state index in [1.54, 1.807) is 6.20 Å². The Morgan fingerprint density at radius 3 is 2.84 bits per heavy atom. The largest absolute Gasteiger partial charge is 0.378 e. The molecular formula is C12H17N3O4. The third-order valence-corrected chi connectivity index (χ3v) is 2.86. The lowest BCUT2D eigenvalue weighted by Crippen LogP contribution is -2.37. The van der Waals surface area contributed by atoms with Crippen molar-refractivity contribution < 1.29 is 14.3 Å². The molecule has 19 heavy (non-hydrogen) atoms. The fourth-order valence-corrected chi connectivity index (χ4v) is 1.91. The predicted octanol–water partition coefficient (Wildman–Crippen LogP) is -0.705. The Kier molecular flexibility index (Phi) is 4.64. The first-order chi connectivity index (χ1) is 9.20. The Balaban J connectivity index is 2.08. The molecule has 1 fully saturated rings. The number of anilines is 1. The molecule has 7 nitrogen and oxygen atoms in total. The maximum Gasteiger partial charge on any atom is 0.269 e. The molecule has 1 saturated heterocycles. The van der Waals surface area contributed by atoms with E-state index in [0.29, 0.717) is 13.2 Å². The molecule has 0 aliphatic carbocycles. The van der Waals surface area contributed by atoms with Crippen LogP contribution in [0.2, 0.25) is 0 Å². The number of ketones is 1. The Bertz CT molecular complexity index is 494. The zero-order valence-corrected chi connectivity index (χ0v) is 10.9. The molecule has 2 heterocycles. The van der Waals surface area contributed by atoms with Crippen molar-refractivity contribution in [3.05, 3.63) is 22.6 Å². The van der Waals surface area contributed by atoms with Gasteiger partial charge in [-0.1, -0.05) is 0 Å². The molecule has 0 bridgehead atoms.